The lowest BCUT2D eigenvalue weighted by Gasteiger charge is -2.39. The number of halogens is 1. The summed E-state index contributed by atoms with van der Waals surface area (Å²) in [5, 5.41) is 11.4. The zero-order chi connectivity index (χ0) is 23.0. The highest BCUT2D eigenvalue weighted by Crippen LogP contribution is 2.42. The Balaban J connectivity index is 1.10. The maximum absolute atomic E-state index is 10.6. The minimum absolute atomic E-state index is 0.116. The maximum atomic E-state index is 10.6. The minimum atomic E-state index is -0.521. The average molecular weight is 471 g/mol. The zero-order valence-electron chi connectivity index (χ0n) is 19.7. The number of rotatable bonds is 6. The number of aliphatic hydroxyl groups excluding tert-OH is 1. The van der Waals surface area contributed by atoms with Crippen molar-refractivity contribution in [3.05, 3.63) is 53.1 Å². The molecule has 3 aliphatic rings. The van der Waals surface area contributed by atoms with E-state index < -0.39 is 6.10 Å². The van der Waals surface area contributed by atoms with Gasteiger partial charge in [-0.25, -0.2) is 0 Å². The lowest BCUT2D eigenvalue weighted by molar-refractivity contribution is -0.00195. The SMILES string of the molecule is CC1CCC(C)N1c1cccc(OC[C@H](O)CN2CCC3(CC2)Cc2cc(Cl)ccc2O3)c1. The molecule has 2 saturated heterocycles. The molecule has 3 aliphatic heterocycles. The molecular formula is C27H35ClN2O3. The molecule has 5 nitrogen and oxygen atoms in total. The van der Waals surface area contributed by atoms with Crippen LogP contribution in [0.25, 0.3) is 0 Å². The largest absolute Gasteiger partial charge is 0.491 e. The molecule has 3 heterocycles. The summed E-state index contributed by atoms with van der Waals surface area (Å²) in [6, 6.07) is 15.3. The van der Waals surface area contributed by atoms with E-state index in [0.29, 0.717) is 25.2 Å². The van der Waals surface area contributed by atoms with Gasteiger partial charge in [0.25, 0.3) is 0 Å². The summed E-state index contributed by atoms with van der Waals surface area (Å²) in [5.74, 6) is 1.80. The molecule has 178 valence electrons. The first kappa shape index (κ1) is 22.8. The van der Waals surface area contributed by atoms with Gasteiger partial charge >= 0.3 is 0 Å². The third-order valence-electron chi connectivity index (χ3n) is 7.61. The van der Waals surface area contributed by atoms with Crippen LogP contribution in [0.5, 0.6) is 11.5 Å². The topological polar surface area (TPSA) is 45.2 Å². The highest BCUT2D eigenvalue weighted by atomic mass is 35.5. The fraction of sp³-hybridized carbons (Fsp3) is 0.556. The van der Waals surface area contributed by atoms with Gasteiger partial charge in [0.15, 0.2) is 0 Å². The smallest absolute Gasteiger partial charge is 0.123 e. The Labute approximate surface area is 202 Å². The molecule has 0 aliphatic carbocycles. The monoisotopic (exact) mass is 470 g/mol. The second kappa shape index (κ2) is 9.36. The molecule has 2 aromatic rings. The molecule has 6 heteroatoms. The van der Waals surface area contributed by atoms with Crippen LogP contribution in [0.15, 0.2) is 42.5 Å². The van der Waals surface area contributed by atoms with Crippen molar-refractivity contribution in [3.8, 4) is 11.5 Å². The number of hydrogen-bond donors (Lipinski definition) is 1. The van der Waals surface area contributed by atoms with E-state index in [1.54, 1.807) is 0 Å². The van der Waals surface area contributed by atoms with Gasteiger partial charge in [0.05, 0.1) is 0 Å². The van der Waals surface area contributed by atoms with Gasteiger partial charge in [-0.15, -0.1) is 0 Å². The Hall–Kier alpha value is -1.95. The van der Waals surface area contributed by atoms with E-state index in [4.69, 9.17) is 21.1 Å². The summed E-state index contributed by atoms with van der Waals surface area (Å²) in [6.45, 7) is 7.32. The van der Waals surface area contributed by atoms with Crippen LogP contribution in [0.4, 0.5) is 5.69 Å². The first-order valence-electron chi connectivity index (χ1n) is 12.3. The van der Waals surface area contributed by atoms with Crippen molar-refractivity contribution in [1.29, 1.82) is 0 Å². The van der Waals surface area contributed by atoms with Crippen LogP contribution in [-0.4, -0.2) is 60.0 Å². The predicted octanol–water partition coefficient (Wildman–Crippen LogP) is 4.93. The first-order chi connectivity index (χ1) is 15.9. The zero-order valence-corrected chi connectivity index (χ0v) is 20.4. The summed E-state index contributed by atoms with van der Waals surface area (Å²) in [4.78, 5) is 4.80. The highest BCUT2D eigenvalue weighted by Gasteiger charge is 2.42. The molecule has 3 atom stereocenters. The van der Waals surface area contributed by atoms with Gasteiger partial charge in [-0.2, -0.15) is 0 Å². The van der Waals surface area contributed by atoms with E-state index in [9.17, 15) is 5.11 Å². The Bertz CT molecular complexity index is 966. The predicted molar refractivity (Wildman–Crippen MR) is 133 cm³/mol. The van der Waals surface area contributed by atoms with Crippen LogP contribution < -0.4 is 14.4 Å². The van der Waals surface area contributed by atoms with Crippen LogP contribution in [0.3, 0.4) is 0 Å². The number of piperidine rings is 1. The molecule has 33 heavy (non-hydrogen) atoms. The molecule has 0 radical (unpaired) electrons. The van der Waals surface area contributed by atoms with E-state index >= 15 is 0 Å². The lowest BCUT2D eigenvalue weighted by Crippen LogP contribution is -2.49. The Kier molecular flexibility index (Phi) is 6.47. The fourth-order valence-electron chi connectivity index (χ4n) is 5.81. The Morgan fingerprint density at radius 2 is 1.88 bits per heavy atom. The van der Waals surface area contributed by atoms with Gasteiger partial charge in [0, 0.05) is 67.8 Å². The van der Waals surface area contributed by atoms with Crippen LogP contribution >= 0.6 is 11.6 Å². The average Bonchev–Trinajstić information content (AvgIpc) is 3.32. The second-order valence-electron chi connectivity index (χ2n) is 10.2. The van der Waals surface area contributed by atoms with Gasteiger partial charge in [-0.05, 0) is 62.6 Å². The number of anilines is 1. The third-order valence-corrected chi connectivity index (χ3v) is 7.84. The van der Waals surface area contributed by atoms with Crippen LogP contribution in [0.1, 0.15) is 45.1 Å². The van der Waals surface area contributed by atoms with Gasteiger partial charge in [-0.3, -0.25) is 0 Å². The Morgan fingerprint density at radius 3 is 2.64 bits per heavy atom. The second-order valence-corrected chi connectivity index (χ2v) is 10.6. The van der Waals surface area contributed by atoms with Crippen LogP contribution in [-0.2, 0) is 6.42 Å². The normalized spacial score (nSPS) is 25.2. The van der Waals surface area contributed by atoms with Gasteiger partial charge in [0.1, 0.15) is 29.8 Å². The van der Waals surface area contributed by atoms with Crippen molar-refractivity contribution in [2.75, 3.05) is 31.1 Å². The quantitative estimate of drug-likeness (QED) is 0.648. The van der Waals surface area contributed by atoms with Gasteiger partial charge < -0.3 is 24.4 Å². The van der Waals surface area contributed by atoms with E-state index in [1.165, 1.54) is 24.1 Å². The summed E-state index contributed by atoms with van der Waals surface area (Å²) < 4.78 is 12.3. The molecular weight excluding hydrogens is 436 g/mol. The number of aliphatic hydroxyl groups is 1. The molecule has 2 aromatic carbocycles. The minimum Gasteiger partial charge on any atom is -0.491 e. The molecule has 0 bridgehead atoms. The number of hydrogen-bond acceptors (Lipinski definition) is 5. The van der Waals surface area contributed by atoms with E-state index in [0.717, 1.165) is 48.9 Å². The lowest BCUT2D eigenvalue weighted by atomic mass is 9.87. The van der Waals surface area contributed by atoms with Crippen molar-refractivity contribution in [2.24, 2.45) is 0 Å². The number of β-amino-alcohol motifs (C(OH)–C–C–N with tert-alkyl or cyclic N) is 1. The van der Waals surface area contributed by atoms with Crippen molar-refractivity contribution in [2.45, 2.75) is 69.7 Å². The fourth-order valence-corrected chi connectivity index (χ4v) is 6.00. The molecule has 1 N–H and O–H groups in total. The van der Waals surface area contributed by atoms with Crippen molar-refractivity contribution < 1.29 is 14.6 Å². The summed E-state index contributed by atoms with van der Waals surface area (Å²) in [5.41, 5.74) is 2.30. The van der Waals surface area contributed by atoms with E-state index in [1.807, 2.05) is 30.3 Å². The number of fused-ring (bicyclic) bond motifs is 1. The number of ether oxygens (including phenoxy) is 2. The maximum Gasteiger partial charge on any atom is 0.123 e. The third kappa shape index (κ3) is 4.96. The molecule has 0 saturated carbocycles. The number of nitrogens with zero attached hydrogens (tertiary/aromatic N) is 2. The standard InChI is InChI=1S/C27H35ClN2O3/c1-19-6-7-20(2)30(19)23-4-3-5-25(15-23)32-18-24(31)17-29-12-10-27(11-13-29)16-21-14-22(28)8-9-26(21)33-27/h3-5,8-9,14-15,19-20,24,31H,6-7,10-13,16-18H2,1-2H3/t19?,20?,24-/m1/s1. The molecule has 2 unspecified atom stereocenters. The summed E-state index contributed by atoms with van der Waals surface area (Å²) in [6.07, 6.45) is 4.78. The molecule has 0 amide bonds. The molecule has 0 aromatic heterocycles. The van der Waals surface area contributed by atoms with Crippen molar-refractivity contribution in [1.82, 2.24) is 4.90 Å². The van der Waals surface area contributed by atoms with Gasteiger partial charge in [0.2, 0.25) is 0 Å². The first-order valence-corrected chi connectivity index (χ1v) is 12.7. The van der Waals surface area contributed by atoms with Crippen molar-refractivity contribution in [3.63, 3.8) is 0 Å². The summed E-state index contributed by atoms with van der Waals surface area (Å²) in [7, 11) is 0. The molecule has 1 spiro atoms. The van der Waals surface area contributed by atoms with Gasteiger partial charge in [-0.1, -0.05) is 17.7 Å². The van der Waals surface area contributed by atoms with Crippen LogP contribution in [0.2, 0.25) is 5.02 Å². The summed E-state index contributed by atoms with van der Waals surface area (Å²) >= 11 is 6.15. The van der Waals surface area contributed by atoms with Crippen LogP contribution in [0, 0.1) is 0 Å². The Morgan fingerprint density at radius 1 is 1.12 bits per heavy atom. The van der Waals surface area contributed by atoms with E-state index in [-0.39, 0.29) is 5.60 Å². The highest BCUT2D eigenvalue weighted by molar-refractivity contribution is 6.30. The van der Waals surface area contributed by atoms with E-state index in [2.05, 4.69) is 35.8 Å². The number of benzene rings is 2. The molecule has 2 fully saturated rings. The molecule has 5 rings (SSSR count). The van der Waals surface area contributed by atoms with Crippen molar-refractivity contribution >= 4 is 17.3 Å². The number of likely N-dealkylation sites (tertiary alicyclic amines) is 1.